The molecule has 0 spiro atoms. The third-order valence-electron chi connectivity index (χ3n) is 7.83. The highest BCUT2D eigenvalue weighted by Crippen LogP contribution is 2.39. The van der Waals surface area contributed by atoms with Crippen molar-refractivity contribution in [3.8, 4) is 11.3 Å². The second-order valence-electron chi connectivity index (χ2n) is 10.0. The zero-order valence-corrected chi connectivity index (χ0v) is 18.9. The van der Waals surface area contributed by atoms with E-state index in [-0.39, 0.29) is 5.82 Å². The number of benzene rings is 1. The zero-order chi connectivity index (χ0) is 20.9. The van der Waals surface area contributed by atoms with E-state index in [0.29, 0.717) is 17.4 Å². The van der Waals surface area contributed by atoms with Gasteiger partial charge in [-0.05, 0) is 91.5 Å². The Morgan fingerprint density at radius 3 is 2.17 bits per heavy atom. The summed E-state index contributed by atoms with van der Waals surface area (Å²) in [7, 11) is 0. The van der Waals surface area contributed by atoms with Crippen LogP contribution < -0.4 is 0 Å². The van der Waals surface area contributed by atoms with Crippen LogP contribution in [0.4, 0.5) is 4.39 Å². The topological polar surface area (TPSA) is 12.9 Å². The standard InChI is InChI=1S/C28H38FN/c1-3-4-5-21-8-12-23(13-9-21)25-15-17-28(30-19-25)26-16-14-24(18-27(26)29)22-10-6-20(2)7-11-22/h14-23H,3-13H2,1-2H3. The summed E-state index contributed by atoms with van der Waals surface area (Å²) < 4.78 is 14.9. The Labute approximate surface area is 182 Å². The highest BCUT2D eigenvalue weighted by molar-refractivity contribution is 5.60. The lowest BCUT2D eigenvalue weighted by molar-refractivity contribution is 0.304. The van der Waals surface area contributed by atoms with Crippen molar-refractivity contribution in [2.24, 2.45) is 11.8 Å². The number of hydrogen-bond donors (Lipinski definition) is 0. The highest BCUT2D eigenvalue weighted by Gasteiger charge is 2.23. The molecular weight excluding hydrogens is 369 g/mol. The van der Waals surface area contributed by atoms with Crippen LogP contribution in [0.25, 0.3) is 11.3 Å². The lowest BCUT2D eigenvalue weighted by Gasteiger charge is -2.28. The Kier molecular flexibility index (Phi) is 7.23. The van der Waals surface area contributed by atoms with Crippen molar-refractivity contribution in [3.63, 3.8) is 0 Å². The van der Waals surface area contributed by atoms with Crippen LogP contribution in [0, 0.1) is 17.7 Å². The maximum absolute atomic E-state index is 14.9. The molecule has 0 atom stereocenters. The highest BCUT2D eigenvalue weighted by atomic mass is 19.1. The quantitative estimate of drug-likeness (QED) is 0.467. The first kappa shape index (κ1) is 21.5. The molecule has 1 aromatic carbocycles. The lowest BCUT2D eigenvalue weighted by Crippen LogP contribution is -2.13. The van der Waals surface area contributed by atoms with Gasteiger partial charge in [0.25, 0.3) is 0 Å². The third kappa shape index (κ3) is 5.13. The van der Waals surface area contributed by atoms with Crippen LogP contribution >= 0.6 is 0 Å². The summed E-state index contributed by atoms with van der Waals surface area (Å²) in [6.45, 7) is 4.61. The third-order valence-corrected chi connectivity index (χ3v) is 7.83. The van der Waals surface area contributed by atoms with Crippen LogP contribution in [0.15, 0.2) is 36.5 Å². The van der Waals surface area contributed by atoms with Crippen molar-refractivity contribution >= 4 is 0 Å². The Morgan fingerprint density at radius 2 is 1.53 bits per heavy atom. The summed E-state index contributed by atoms with van der Waals surface area (Å²) in [6, 6.07) is 10.1. The average molecular weight is 408 g/mol. The molecule has 30 heavy (non-hydrogen) atoms. The van der Waals surface area contributed by atoms with Crippen molar-refractivity contribution in [1.82, 2.24) is 4.98 Å². The molecule has 1 aromatic heterocycles. The molecule has 0 amide bonds. The maximum atomic E-state index is 14.9. The van der Waals surface area contributed by atoms with E-state index in [1.54, 1.807) is 6.07 Å². The molecule has 4 rings (SSSR count). The number of hydrogen-bond acceptors (Lipinski definition) is 1. The lowest BCUT2D eigenvalue weighted by atomic mass is 9.77. The fourth-order valence-corrected chi connectivity index (χ4v) is 5.67. The van der Waals surface area contributed by atoms with Crippen molar-refractivity contribution in [3.05, 3.63) is 53.5 Å². The second-order valence-corrected chi connectivity index (χ2v) is 10.0. The fourth-order valence-electron chi connectivity index (χ4n) is 5.67. The van der Waals surface area contributed by atoms with Crippen LogP contribution in [0.3, 0.4) is 0 Å². The van der Waals surface area contributed by atoms with Crippen LogP contribution in [-0.2, 0) is 0 Å². The Hall–Kier alpha value is -1.70. The SMILES string of the molecule is CCCCC1CCC(c2ccc(-c3ccc(C4CCC(C)CC4)cc3F)nc2)CC1. The first-order valence-corrected chi connectivity index (χ1v) is 12.4. The van der Waals surface area contributed by atoms with E-state index >= 15 is 0 Å². The number of nitrogens with zero attached hydrogens (tertiary/aromatic N) is 1. The van der Waals surface area contributed by atoms with E-state index < -0.39 is 0 Å². The first-order valence-electron chi connectivity index (χ1n) is 12.4. The van der Waals surface area contributed by atoms with Gasteiger partial charge in [0.1, 0.15) is 5.82 Å². The molecule has 2 aliphatic carbocycles. The van der Waals surface area contributed by atoms with Crippen molar-refractivity contribution in [2.45, 2.75) is 96.3 Å². The molecule has 162 valence electrons. The Balaban J connectivity index is 1.39. The van der Waals surface area contributed by atoms with Crippen molar-refractivity contribution < 1.29 is 4.39 Å². The predicted molar refractivity (Wildman–Crippen MR) is 124 cm³/mol. The predicted octanol–water partition coefficient (Wildman–Crippen LogP) is 8.65. The molecule has 0 unspecified atom stereocenters. The van der Waals surface area contributed by atoms with Gasteiger partial charge in [0.2, 0.25) is 0 Å². The Bertz CT molecular complexity index is 796. The molecule has 0 saturated heterocycles. The maximum Gasteiger partial charge on any atom is 0.132 e. The van der Waals surface area contributed by atoms with Gasteiger partial charge < -0.3 is 0 Å². The van der Waals surface area contributed by atoms with Gasteiger partial charge in [-0.25, -0.2) is 4.39 Å². The van der Waals surface area contributed by atoms with Crippen molar-refractivity contribution in [1.29, 1.82) is 0 Å². The van der Waals surface area contributed by atoms with E-state index in [9.17, 15) is 4.39 Å². The first-order chi connectivity index (χ1) is 14.6. The van der Waals surface area contributed by atoms with Gasteiger partial charge in [-0.3, -0.25) is 4.98 Å². The van der Waals surface area contributed by atoms with Gasteiger partial charge in [0.15, 0.2) is 0 Å². The van der Waals surface area contributed by atoms with Crippen molar-refractivity contribution in [2.75, 3.05) is 0 Å². The molecule has 0 N–H and O–H groups in total. The number of pyridine rings is 1. The Morgan fingerprint density at radius 1 is 0.867 bits per heavy atom. The van der Waals surface area contributed by atoms with Gasteiger partial charge in [0.05, 0.1) is 5.69 Å². The molecule has 2 aromatic rings. The number of rotatable bonds is 6. The van der Waals surface area contributed by atoms with Gasteiger partial charge >= 0.3 is 0 Å². The molecule has 2 aliphatic rings. The summed E-state index contributed by atoms with van der Waals surface area (Å²) in [6.07, 6.45) is 16.2. The molecule has 1 nitrogen and oxygen atoms in total. The van der Waals surface area contributed by atoms with Gasteiger partial charge in [-0.2, -0.15) is 0 Å². The average Bonchev–Trinajstić information content (AvgIpc) is 2.79. The van der Waals surface area contributed by atoms with Crippen LogP contribution in [0.2, 0.25) is 0 Å². The van der Waals surface area contributed by atoms with E-state index in [2.05, 4.69) is 31.0 Å². The minimum Gasteiger partial charge on any atom is -0.256 e. The van der Waals surface area contributed by atoms with E-state index in [4.69, 9.17) is 0 Å². The monoisotopic (exact) mass is 407 g/mol. The van der Waals surface area contributed by atoms with Crippen LogP contribution in [0.5, 0.6) is 0 Å². The summed E-state index contributed by atoms with van der Waals surface area (Å²) in [5, 5.41) is 0. The molecule has 0 radical (unpaired) electrons. The van der Waals surface area contributed by atoms with E-state index in [1.807, 2.05) is 18.3 Å². The zero-order valence-electron chi connectivity index (χ0n) is 18.9. The summed E-state index contributed by atoms with van der Waals surface area (Å²) >= 11 is 0. The molecule has 0 aliphatic heterocycles. The van der Waals surface area contributed by atoms with Crippen LogP contribution in [-0.4, -0.2) is 4.98 Å². The molecule has 2 fully saturated rings. The molecule has 0 bridgehead atoms. The summed E-state index contributed by atoms with van der Waals surface area (Å²) in [5.74, 6) is 2.77. The van der Waals surface area contributed by atoms with Gasteiger partial charge in [-0.15, -0.1) is 0 Å². The molecule has 2 heteroatoms. The number of unbranched alkanes of at least 4 members (excludes halogenated alkanes) is 1. The smallest absolute Gasteiger partial charge is 0.132 e. The minimum atomic E-state index is -0.122. The largest absolute Gasteiger partial charge is 0.256 e. The van der Waals surface area contributed by atoms with Gasteiger partial charge in [-0.1, -0.05) is 58.1 Å². The minimum absolute atomic E-state index is 0.122. The molecular formula is C28H38FN. The second kappa shape index (κ2) is 10.1. The number of aromatic nitrogens is 1. The summed E-state index contributed by atoms with van der Waals surface area (Å²) in [4.78, 5) is 4.67. The number of halogens is 1. The van der Waals surface area contributed by atoms with E-state index in [0.717, 1.165) is 17.5 Å². The van der Waals surface area contributed by atoms with E-state index in [1.165, 1.54) is 81.8 Å². The molecule has 1 heterocycles. The van der Waals surface area contributed by atoms with Gasteiger partial charge in [0, 0.05) is 11.8 Å². The summed E-state index contributed by atoms with van der Waals surface area (Å²) in [5.41, 5.74) is 3.90. The fraction of sp³-hybridized carbons (Fsp3) is 0.607. The van der Waals surface area contributed by atoms with Crippen LogP contribution in [0.1, 0.15) is 107 Å². The normalized spacial score (nSPS) is 27.2. The molecule has 2 saturated carbocycles.